The summed E-state index contributed by atoms with van der Waals surface area (Å²) < 4.78 is 12.4. The van der Waals surface area contributed by atoms with Gasteiger partial charge in [0.15, 0.2) is 5.76 Å². The van der Waals surface area contributed by atoms with Crippen molar-refractivity contribution in [3.05, 3.63) is 64.4 Å². The number of nitrogens with one attached hydrogen (secondary N) is 1. The largest absolute Gasteiger partial charge is 0.487 e. The molecule has 1 saturated carbocycles. The third-order valence-electron chi connectivity index (χ3n) is 7.18. The lowest BCUT2D eigenvalue weighted by molar-refractivity contribution is -0.0373. The van der Waals surface area contributed by atoms with Crippen molar-refractivity contribution in [3.63, 3.8) is 0 Å². The molecule has 1 atom stereocenters. The van der Waals surface area contributed by atoms with Crippen molar-refractivity contribution in [1.82, 2.24) is 5.32 Å². The molecule has 1 aliphatic carbocycles. The number of aliphatic hydroxyl groups excluding tert-OH is 1. The third kappa shape index (κ3) is 3.69. The van der Waals surface area contributed by atoms with Crippen molar-refractivity contribution in [1.29, 1.82) is 0 Å². The van der Waals surface area contributed by atoms with Crippen molar-refractivity contribution in [2.24, 2.45) is 0 Å². The average Bonchev–Trinajstić information content (AvgIpc) is 3.14. The molecule has 2 aliphatic rings. The SMILES string of the molecule is CCc1ccc(CNC(=O)c2oc3ccc4c(c3c2C)[C@H](O)CC2(CCCCC2)O4)cc1. The van der Waals surface area contributed by atoms with Crippen LogP contribution in [0.15, 0.2) is 40.8 Å². The zero-order valence-corrected chi connectivity index (χ0v) is 18.9. The molecule has 0 saturated heterocycles. The fourth-order valence-electron chi connectivity index (χ4n) is 5.38. The van der Waals surface area contributed by atoms with Crippen molar-refractivity contribution >= 4 is 16.9 Å². The van der Waals surface area contributed by atoms with Crippen LogP contribution in [0.25, 0.3) is 11.0 Å². The number of ether oxygens (including phenoxy) is 1. The van der Waals surface area contributed by atoms with Gasteiger partial charge in [-0.25, -0.2) is 0 Å². The highest BCUT2D eigenvalue weighted by molar-refractivity contribution is 6.00. The highest BCUT2D eigenvalue weighted by Gasteiger charge is 2.42. The standard InChI is InChI=1S/C27H31NO4/c1-3-18-7-9-19(10-8-18)16-28-26(30)25-17(2)23-21(31-25)11-12-22-24(23)20(29)15-27(32-22)13-5-4-6-14-27/h7-12,20,29H,3-6,13-16H2,1-2H3,(H,28,30)/t20-/m1/s1. The van der Waals surface area contributed by atoms with E-state index in [0.717, 1.165) is 59.9 Å². The van der Waals surface area contributed by atoms with Crippen molar-refractivity contribution in [2.45, 2.75) is 77.0 Å². The van der Waals surface area contributed by atoms with E-state index in [4.69, 9.17) is 9.15 Å². The number of amides is 1. The monoisotopic (exact) mass is 433 g/mol. The van der Waals surface area contributed by atoms with Crippen LogP contribution in [-0.4, -0.2) is 16.6 Å². The van der Waals surface area contributed by atoms with Gasteiger partial charge in [0.1, 0.15) is 16.9 Å². The second-order valence-electron chi connectivity index (χ2n) is 9.33. The third-order valence-corrected chi connectivity index (χ3v) is 7.18. The summed E-state index contributed by atoms with van der Waals surface area (Å²) in [6.07, 6.45) is 6.45. The summed E-state index contributed by atoms with van der Waals surface area (Å²) in [7, 11) is 0. The van der Waals surface area contributed by atoms with Crippen LogP contribution in [0.4, 0.5) is 0 Å². The zero-order chi connectivity index (χ0) is 22.3. The minimum atomic E-state index is -0.621. The van der Waals surface area contributed by atoms with Crippen molar-refractivity contribution in [3.8, 4) is 5.75 Å². The number of aryl methyl sites for hydroxylation is 2. The van der Waals surface area contributed by atoms with E-state index in [1.165, 1.54) is 12.0 Å². The molecular weight excluding hydrogens is 402 g/mol. The second kappa shape index (κ2) is 8.28. The van der Waals surface area contributed by atoms with Gasteiger partial charge in [-0.05, 0) is 62.3 Å². The summed E-state index contributed by atoms with van der Waals surface area (Å²) in [5, 5.41) is 14.9. The molecule has 0 bridgehead atoms. The number of hydrogen-bond acceptors (Lipinski definition) is 4. The Morgan fingerprint density at radius 1 is 1.09 bits per heavy atom. The summed E-state index contributed by atoms with van der Waals surface area (Å²) in [5.41, 5.74) is 4.17. The lowest BCUT2D eigenvalue weighted by Crippen LogP contribution is -2.42. The number of carbonyl (C=O) groups is 1. The van der Waals surface area contributed by atoms with Crippen LogP contribution < -0.4 is 10.1 Å². The van der Waals surface area contributed by atoms with Gasteiger partial charge in [-0.3, -0.25) is 4.79 Å². The van der Waals surface area contributed by atoms with E-state index in [0.29, 0.717) is 24.3 Å². The first kappa shape index (κ1) is 21.1. The van der Waals surface area contributed by atoms with Crippen LogP contribution in [0.2, 0.25) is 0 Å². The average molecular weight is 434 g/mol. The fraction of sp³-hybridized carbons (Fsp3) is 0.444. The first-order valence-corrected chi connectivity index (χ1v) is 11.8. The van der Waals surface area contributed by atoms with Crippen LogP contribution in [-0.2, 0) is 13.0 Å². The second-order valence-corrected chi connectivity index (χ2v) is 9.33. The molecule has 2 heterocycles. The Hall–Kier alpha value is -2.79. The van der Waals surface area contributed by atoms with E-state index in [1.54, 1.807) is 0 Å². The highest BCUT2D eigenvalue weighted by Crippen LogP contribution is 2.49. The van der Waals surface area contributed by atoms with E-state index in [2.05, 4.69) is 24.4 Å². The number of rotatable bonds is 4. The van der Waals surface area contributed by atoms with E-state index >= 15 is 0 Å². The van der Waals surface area contributed by atoms with Gasteiger partial charge in [0, 0.05) is 29.5 Å². The van der Waals surface area contributed by atoms with Crippen molar-refractivity contribution in [2.75, 3.05) is 0 Å². The molecule has 5 rings (SSSR count). The summed E-state index contributed by atoms with van der Waals surface area (Å²) in [5.74, 6) is 0.774. The van der Waals surface area contributed by atoms with Gasteiger partial charge in [0.05, 0.1) is 6.10 Å². The van der Waals surface area contributed by atoms with E-state index in [-0.39, 0.29) is 11.5 Å². The van der Waals surface area contributed by atoms with E-state index in [1.807, 2.05) is 31.2 Å². The fourth-order valence-corrected chi connectivity index (χ4v) is 5.38. The maximum absolute atomic E-state index is 12.9. The molecule has 32 heavy (non-hydrogen) atoms. The molecular formula is C27H31NO4. The van der Waals surface area contributed by atoms with Gasteiger partial charge in [0.25, 0.3) is 5.91 Å². The predicted octanol–water partition coefficient (Wildman–Crippen LogP) is 5.75. The summed E-state index contributed by atoms with van der Waals surface area (Å²) >= 11 is 0. The van der Waals surface area contributed by atoms with Gasteiger partial charge in [-0.1, -0.05) is 37.6 Å². The maximum Gasteiger partial charge on any atom is 0.287 e. The molecule has 1 aromatic heterocycles. The van der Waals surface area contributed by atoms with Gasteiger partial charge in [-0.2, -0.15) is 0 Å². The lowest BCUT2D eigenvalue weighted by Gasteiger charge is -2.43. The number of fused-ring (bicyclic) bond motifs is 3. The number of furan rings is 1. The molecule has 5 nitrogen and oxygen atoms in total. The van der Waals surface area contributed by atoms with Crippen LogP contribution in [0.3, 0.4) is 0 Å². The molecule has 1 spiro atoms. The molecule has 5 heteroatoms. The number of aliphatic hydroxyl groups is 1. The molecule has 3 aromatic rings. The molecule has 0 radical (unpaired) electrons. The highest BCUT2D eigenvalue weighted by atomic mass is 16.5. The number of benzene rings is 2. The van der Waals surface area contributed by atoms with Gasteiger partial charge in [0.2, 0.25) is 0 Å². The van der Waals surface area contributed by atoms with Crippen LogP contribution in [0.1, 0.15) is 84.4 Å². The van der Waals surface area contributed by atoms with Gasteiger partial charge >= 0.3 is 0 Å². The summed E-state index contributed by atoms with van der Waals surface area (Å²) in [6.45, 7) is 4.44. The Kier molecular flexibility index (Phi) is 5.46. The first-order valence-electron chi connectivity index (χ1n) is 11.8. The smallest absolute Gasteiger partial charge is 0.287 e. The maximum atomic E-state index is 12.9. The molecule has 2 aromatic carbocycles. The Balaban J connectivity index is 1.41. The first-order chi connectivity index (χ1) is 15.5. The Morgan fingerprint density at radius 3 is 2.53 bits per heavy atom. The predicted molar refractivity (Wildman–Crippen MR) is 124 cm³/mol. The molecule has 1 aliphatic heterocycles. The number of hydrogen-bond donors (Lipinski definition) is 2. The zero-order valence-electron chi connectivity index (χ0n) is 18.9. The Labute approximate surface area is 188 Å². The van der Waals surface area contributed by atoms with Gasteiger partial charge < -0.3 is 19.6 Å². The summed E-state index contributed by atoms with van der Waals surface area (Å²) in [6, 6.07) is 12.0. The molecule has 2 N–H and O–H groups in total. The quantitative estimate of drug-likeness (QED) is 0.549. The molecule has 168 valence electrons. The topological polar surface area (TPSA) is 71.7 Å². The normalized spacial score (nSPS) is 19.5. The number of carbonyl (C=O) groups excluding carboxylic acids is 1. The van der Waals surface area contributed by atoms with Gasteiger partial charge in [-0.15, -0.1) is 0 Å². The van der Waals surface area contributed by atoms with Crippen molar-refractivity contribution < 1.29 is 19.1 Å². The minimum Gasteiger partial charge on any atom is -0.487 e. The summed E-state index contributed by atoms with van der Waals surface area (Å²) in [4.78, 5) is 12.9. The van der Waals surface area contributed by atoms with E-state index < -0.39 is 6.10 Å². The lowest BCUT2D eigenvalue weighted by atomic mass is 9.77. The van der Waals surface area contributed by atoms with Crippen LogP contribution in [0.5, 0.6) is 5.75 Å². The molecule has 0 unspecified atom stereocenters. The minimum absolute atomic E-state index is 0.248. The van der Waals surface area contributed by atoms with Crippen LogP contribution >= 0.6 is 0 Å². The van der Waals surface area contributed by atoms with Crippen LogP contribution in [0, 0.1) is 6.92 Å². The Morgan fingerprint density at radius 2 is 1.81 bits per heavy atom. The molecule has 1 fully saturated rings. The molecule has 1 amide bonds. The van der Waals surface area contributed by atoms with E-state index in [9.17, 15) is 9.90 Å². The Bertz CT molecular complexity index is 1140.